The number of hydrogen-bond donors (Lipinski definition) is 1. The molecule has 0 fully saturated rings. The van der Waals surface area contributed by atoms with Crippen molar-refractivity contribution in [3.63, 3.8) is 0 Å². The zero-order valence-electron chi connectivity index (χ0n) is 11.5. The average Bonchev–Trinajstić information content (AvgIpc) is 2.90. The van der Waals surface area contributed by atoms with Crippen molar-refractivity contribution in [2.24, 2.45) is 0 Å². The van der Waals surface area contributed by atoms with Crippen LogP contribution in [-0.4, -0.2) is 18.0 Å². The molecule has 0 bridgehead atoms. The summed E-state index contributed by atoms with van der Waals surface area (Å²) in [7, 11) is 1.37. The zero-order chi connectivity index (χ0) is 15.5. The average molecular weight is 329 g/mol. The van der Waals surface area contributed by atoms with E-state index >= 15 is 0 Å². The van der Waals surface area contributed by atoms with E-state index in [0.29, 0.717) is 4.47 Å². The van der Waals surface area contributed by atoms with Gasteiger partial charge in [-0.25, -0.2) is 9.37 Å². The molecule has 0 aliphatic heterocycles. The summed E-state index contributed by atoms with van der Waals surface area (Å²) in [6.45, 7) is 1.79. The van der Waals surface area contributed by atoms with E-state index in [2.05, 4.69) is 10.3 Å². The van der Waals surface area contributed by atoms with Crippen molar-refractivity contribution in [3.8, 4) is 0 Å². The van der Waals surface area contributed by atoms with Gasteiger partial charge in [-0.3, -0.25) is 4.79 Å². The number of hydrogen-bond acceptors (Lipinski definition) is 4. The van der Waals surface area contributed by atoms with Crippen molar-refractivity contribution in [1.29, 1.82) is 0 Å². The summed E-state index contributed by atoms with van der Waals surface area (Å²) >= 11 is 7.00. The number of nitrogens with one attached hydrogen (secondary N) is 1. The Bertz CT molecular complexity index is 649. The van der Waals surface area contributed by atoms with Gasteiger partial charge in [0, 0.05) is 23.7 Å². The Morgan fingerprint density at radius 1 is 1.52 bits per heavy atom. The van der Waals surface area contributed by atoms with Crippen LogP contribution in [-0.2, 0) is 21.7 Å². The second-order valence-electron chi connectivity index (χ2n) is 4.48. The highest BCUT2D eigenvalue weighted by molar-refractivity contribution is 7.15. The number of carbonyl (C=O) groups excluding carboxylic acids is 1. The first-order valence-corrected chi connectivity index (χ1v) is 7.35. The normalized spacial score (nSPS) is 13.7. The van der Waals surface area contributed by atoms with Crippen LogP contribution in [0.4, 0.5) is 4.39 Å². The van der Waals surface area contributed by atoms with Gasteiger partial charge in [0.25, 0.3) is 5.91 Å². The fraction of sp³-hybridized carbons (Fsp3) is 0.286. The number of nitrogens with zero attached hydrogens (tertiary/aromatic N) is 1. The highest BCUT2D eigenvalue weighted by Crippen LogP contribution is 2.27. The minimum Gasteiger partial charge on any atom is -0.364 e. The Balaban J connectivity index is 2.16. The van der Waals surface area contributed by atoms with Crippen LogP contribution in [0.2, 0.25) is 4.47 Å². The van der Waals surface area contributed by atoms with Crippen LogP contribution in [0.1, 0.15) is 17.4 Å². The van der Waals surface area contributed by atoms with E-state index in [1.165, 1.54) is 37.5 Å². The minimum atomic E-state index is -1.40. The molecule has 1 unspecified atom stereocenters. The Kier molecular flexibility index (Phi) is 4.92. The van der Waals surface area contributed by atoms with Crippen molar-refractivity contribution in [2.75, 3.05) is 7.11 Å². The fourth-order valence-corrected chi connectivity index (χ4v) is 2.79. The molecule has 1 heterocycles. The number of amides is 1. The lowest BCUT2D eigenvalue weighted by atomic mass is 9.94. The summed E-state index contributed by atoms with van der Waals surface area (Å²) < 4.78 is 19.6. The SMILES string of the molecule is COC(C)(C(=O)NCc1cnc(Cl)s1)c1ccccc1F. The predicted molar refractivity (Wildman–Crippen MR) is 79.7 cm³/mol. The molecule has 112 valence electrons. The van der Waals surface area contributed by atoms with Gasteiger partial charge in [0.15, 0.2) is 10.1 Å². The van der Waals surface area contributed by atoms with Crippen LogP contribution in [0.5, 0.6) is 0 Å². The summed E-state index contributed by atoms with van der Waals surface area (Å²) in [5, 5.41) is 2.71. The first-order valence-electron chi connectivity index (χ1n) is 6.16. The van der Waals surface area contributed by atoms with E-state index in [4.69, 9.17) is 16.3 Å². The topological polar surface area (TPSA) is 51.2 Å². The van der Waals surface area contributed by atoms with Gasteiger partial charge in [-0.2, -0.15) is 0 Å². The molecule has 1 atom stereocenters. The predicted octanol–water partition coefficient (Wildman–Crippen LogP) is 3.11. The molecular formula is C14H14ClFN2O2S. The molecule has 4 nitrogen and oxygen atoms in total. The summed E-state index contributed by atoms with van der Waals surface area (Å²) in [5.41, 5.74) is -1.22. The maximum atomic E-state index is 13.9. The molecule has 1 aromatic heterocycles. The van der Waals surface area contributed by atoms with Crippen LogP contribution in [0.25, 0.3) is 0 Å². The van der Waals surface area contributed by atoms with Gasteiger partial charge in [0.1, 0.15) is 5.82 Å². The van der Waals surface area contributed by atoms with Crippen molar-refractivity contribution in [3.05, 3.63) is 51.2 Å². The van der Waals surface area contributed by atoms with Crippen molar-refractivity contribution in [1.82, 2.24) is 10.3 Å². The van der Waals surface area contributed by atoms with Gasteiger partial charge in [-0.05, 0) is 13.0 Å². The fourth-order valence-electron chi connectivity index (χ4n) is 1.87. The minimum absolute atomic E-state index is 0.187. The van der Waals surface area contributed by atoms with Gasteiger partial charge in [0.05, 0.1) is 6.54 Å². The third-order valence-corrected chi connectivity index (χ3v) is 4.29. The molecule has 0 aliphatic rings. The molecule has 0 aliphatic carbocycles. The summed E-state index contributed by atoms with van der Waals surface area (Å²) in [5.74, 6) is -0.919. The van der Waals surface area contributed by atoms with Crippen LogP contribution in [0.3, 0.4) is 0 Å². The Morgan fingerprint density at radius 2 is 2.24 bits per heavy atom. The molecule has 2 aromatic rings. The number of aromatic nitrogens is 1. The first kappa shape index (κ1) is 15.9. The van der Waals surface area contributed by atoms with Gasteiger partial charge >= 0.3 is 0 Å². The maximum absolute atomic E-state index is 13.9. The molecule has 1 N–H and O–H groups in total. The number of methoxy groups -OCH3 is 1. The molecule has 0 radical (unpaired) electrons. The summed E-state index contributed by atoms with van der Waals surface area (Å²) in [6, 6.07) is 6.04. The molecule has 1 amide bonds. The lowest BCUT2D eigenvalue weighted by Gasteiger charge is -2.27. The van der Waals surface area contributed by atoms with Crippen LogP contribution >= 0.6 is 22.9 Å². The van der Waals surface area contributed by atoms with Crippen LogP contribution in [0, 0.1) is 5.82 Å². The number of thiazole rings is 1. The molecule has 21 heavy (non-hydrogen) atoms. The molecule has 0 spiro atoms. The third kappa shape index (κ3) is 3.40. The number of carbonyl (C=O) groups is 1. The first-order chi connectivity index (χ1) is 9.97. The van der Waals surface area contributed by atoms with E-state index in [9.17, 15) is 9.18 Å². The van der Waals surface area contributed by atoms with Gasteiger partial charge in [-0.15, -0.1) is 11.3 Å². The van der Waals surface area contributed by atoms with E-state index in [0.717, 1.165) is 4.88 Å². The van der Waals surface area contributed by atoms with Crippen molar-refractivity contribution >= 4 is 28.8 Å². The smallest absolute Gasteiger partial charge is 0.257 e. The van der Waals surface area contributed by atoms with E-state index in [-0.39, 0.29) is 12.1 Å². The molecule has 2 rings (SSSR count). The maximum Gasteiger partial charge on any atom is 0.257 e. The summed E-state index contributed by atoms with van der Waals surface area (Å²) in [6.07, 6.45) is 1.58. The summed E-state index contributed by atoms with van der Waals surface area (Å²) in [4.78, 5) is 17.1. The molecule has 0 saturated carbocycles. The van der Waals surface area contributed by atoms with Gasteiger partial charge < -0.3 is 10.1 Å². The Labute approximate surface area is 130 Å². The zero-order valence-corrected chi connectivity index (χ0v) is 13.1. The van der Waals surface area contributed by atoms with Crippen molar-refractivity contribution in [2.45, 2.75) is 19.1 Å². The Morgan fingerprint density at radius 3 is 2.81 bits per heavy atom. The molecule has 0 saturated heterocycles. The van der Waals surface area contributed by atoms with Crippen molar-refractivity contribution < 1.29 is 13.9 Å². The van der Waals surface area contributed by atoms with Gasteiger partial charge in [0.2, 0.25) is 0 Å². The lowest BCUT2D eigenvalue weighted by Crippen LogP contribution is -2.43. The number of benzene rings is 1. The van der Waals surface area contributed by atoms with E-state index in [1.54, 1.807) is 18.3 Å². The number of halogens is 2. The van der Waals surface area contributed by atoms with E-state index in [1.807, 2.05) is 0 Å². The molecule has 1 aromatic carbocycles. The number of rotatable bonds is 5. The second kappa shape index (κ2) is 6.51. The molecular weight excluding hydrogens is 315 g/mol. The van der Waals surface area contributed by atoms with E-state index < -0.39 is 17.3 Å². The highest BCUT2D eigenvalue weighted by atomic mass is 35.5. The van der Waals surface area contributed by atoms with Gasteiger partial charge in [-0.1, -0.05) is 29.8 Å². The standard InChI is InChI=1S/C14H14ClFN2O2S/c1-14(20-2,10-5-3-4-6-11(10)16)12(19)17-7-9-8-18-13(15)21-9/h3-6,8H,7H2,1-2H3,(H,17,19). The number of ether oxygens (including phenoxy) is 1. The quantitative estimate of drug-likeness (QED) is 0.917. The highest BCUT2D eigenvalue weighted by Gasteiger charge is 2.37. The van der Waals surface area contributed by atoms with Crippen LogP contribution < -0.4 is 5.32 Å². The Hall–Kier alpha value is -1.50. The third-order valence-electron chi connectivity index (χ3n) is 3.18. The monoisotopic (exact) mass is 328 g/mol. The largest absolute Gasteiger partial charge is 0.364 e. The second-order valence-corrected chi connectivity index (χ2v) is 6.18. The molecule has 7 heteroatoms. The van der Waals surface area contributed by atoms with Crippen LogP contribution in [0.15, 0.2) is 30.5 Å². The lowest BCUT2D eigenvalue weighted by molar-refractivity contribution is -0.143.